The van der Waals surface area contributed by atoms with Gasteiger partial charge in [0.1, 0.15) is 17.3 Å². The molecule has 2 N–H and O–H groups in total. The van der Waals surface area contributed by atoms with Crippen LogP contribution in [-0.4, -0.2) is 64.6 Å². The Labute approximate surface area is 299 Å². The van der Waals surface area contributed by atoms with Gasteiger partial charge >= 0.3 is 0 Å². The van der Waals surface area contributed by atoms with Crippen LogP contribution >= 0.6 is 11.3 Å². The molecule has 256 valence electrons. The predicted molar refractivity (Wildman–Crippen MR) is 201 cm³/mol. The zero-order chi connectivity index (χ0) is 34.7. The molecule has 0 atom stereocenters. The second kappa shape index (κ2) is 12.4. The molecule has 10 nitrogen and oxygen atoms in total. The van der Waals surface area contributed by atoms with E-state index < -0.39 is 0 Å². The van der Waals surface area contributed by atoms with Gasteiger partial charge < -0.3 is 24.8 Å². The van der Waals surface area contributed by atoms with Crippen LogP contribution in [-0.2, 0) is 11.2 Å². The van der Waals surface area contributed by atoms with E-state index in [1.165, 1.54) is 0 Å². The predicted octanol–water partition coefficient (Wildman–Crippen LogP) is 7.44. The zero-order valence-electron chi connectivity index (χ0n) is 28.5. The molecule has 0 bridgehead atoms. The number of aromatic amines is 1. The average Bonchev–Trinajstić information content (AvgIpc) is 3.73. The molecule has 0 aliphatic carbocycles. The summed E-state index contributed by atoms with van der Waals surface area (Å²) in [5.74, 6) is 1.22. The Hall–Kier alpha value is -5.39. The van der Waals surface area contributed by atoms with Crippen molar-refractivity contribution in [2.24, 2.45) is 5.41 Å². The minimum Gasteiger partial charge on any atom is -0.381 e. The number of nitrogens with zero attached hydrogens (tertiary/aromatic N) is 5. The standard InChI is InChI=1S/C40H37N7O3S/c1-24-19-32-34(41-21-24)35-27(20-33(51-35)36-44-30-5-3-4-6-31(30)45-36)13-16-47(32)39(49)26-8-10-28(11-9-26)43-38(48)29-12-7-25(2)42-37(29)46-22-40(23-46)14-17-50-18-15-40/h3-12,19-21H,13-18,22-23H2,1-2H3,(H,43,48)(H,44,45). The van der Waals surface area contributed by atoms with E-state index in [0.717, 1.165) is 99.8 Å². The van der Waals surface area contributed by atoms with Crippen LogP contribution in [0.25, 0.3) is 32.3 Å². The molecule has 0 unspecified atom stereocenters. The Morgan fingerprint density at radius 2 is 1.76 bits per heavy atom. The molecular formula is C40H37N7O3S. The Bertz CT molecular complexity index is 2280. The summed E-state index contributed by atoms with van der Waals surface area (Å²) in [6.45, 7) is 7.80. The van der Waals surface area contributed by atoms with Gasteiger partial charge in [-0.1, -0.05) is 12.1 Å². The highest BCUT2D eigenvalue weighted by atomic mass is 32.1. The van der Waals surface area contributed by atoms with Crippen molar-refractivity contribution in [3.05, 3.63) is 107 Å². The first-order valence-electron chi connectivity index (χ1n) is 17.4. The van der Waals surface area contributed by atoms with E-state index in [0.29, 0.717) is 29.8 Å². The first kappa shape index (κ1) is 31.6. The normalized spacial score (nSPS) is 16.4. The number of anilines is 3. The summed E-state index contributed by atoms with van der Waals surface area (Å²) in [5.41, 5.74) is 8.47. The number of hydrogen-bond donors (Lipinski definition) is 2. The van der Waals surface area contributed by atoms with Gasteiger partial charge in [0, 0.05) is 61.4 Å². The van der Waals surface area contributed by atoms with E-state index in [1.807, 2.05) is 67.4 Å². The number of aromatic nitrogens is 4. The van der Waals surface area contributed by atoms with Gasteiger partial charge in [0.25, 0.3) is 11.8 Å². The van der Waals surface area contributed by atoms with Crippen molar-refractivity contribution in [1.82, 2.24) is 19.9 Å². The van der Waals surface area contributed by atoms with E-state index in [9.17, 15) is 9.59 Å². The van der Waals surface area contributed by atoms with Crippen molar-refractivity contribution < 1.29 is 14.3 Å². The summed E-state index contributed by atoms with van der Waals surface area (Å²) < 4.78 is 5.58. The molecule has 2 amide bonds. The summed E-state index contributed by atoms with van der Waals surface area (Å²) in [7, 11) is 0. The van der Waals surface area contributed by atoms with Crippen LogP contribution < -0.4 is 15.1 Å². The molecule has 1 spiro atoms. The van der Waals surface area contributed by atoms with Crippen LogP contribution in [0.4, 0.5) is 17.2 Å². The number of aryl methyl sites for hydroxylation is 2. The van der Waals surface area contributed by atoms with E-state index in [-0.39, 0.29) is 17.2 Å². The number of carbonyl (C=O) groups excluding carboxylic acids is 2. The zero-order valence-corrected chi connectivity index (χ0v) is 29.3. The maximum absolute atomic E-state index is 14.1. The number of ether oxygens (including phenoxy) is 1. The maximum Gasteiger partial charge on any atom is 0.259 e. The number of hydrogen-bond acceptors (Lipinski definition) is 8. The second-order valence-corrected chi connectivity index (χ2v) is 15.0. The summed E-state index contributed by atoms with van der Waals surface area (Å²) in [6, 6.07) is 23.1. The number of thiophene rings is 1. The molecule has 3 aliphatic heterocycles. The third-order valence-corrected chi connectivity index (χ3v) is 11.5. The smallest absolute Gasteiger partial charge is 0.259 e. The molecule has 51 heavy (non-hydrogen) atoms. The van der Waals surface area contributed by atoms with Gasteiger partial charge in [-0.3, -0.25) is 14.6 Å². The van der Waals surface area contributed by atoms with Gasteiger partial charge in [0.15, 0.2) is 0 Å². The Kier molecular flexibility index (Phi) is 7.70. The Balaban J connectivity index is 0.938. The highest BCUT2D eigenvalue weighted by molar-refractivity contribution is 7.19. The second-order valence-electron chi connectivity index (χ2n) is 14.0. The number of amides is 2. The summed E-state index contributed by atoms with van der Waals surface area (Å²) >= 11 is 1.65. The first-order valence-corrected chi connectivity index (χ1v) is 18.2. The van der Waals surface area contributed by atoms with Crippen molar-refractivity contribution >= 4 is 51.4 Å². The molecule has 2 fully saturated rings. The number of fused-ring (bicyclic) bond motifs is 4. The van der Waals surface area contributed by atoms with Crippen molar-refractivity contribution in [2.45, 2.75) is 33.1 Å². The number of nitrogens with one attached hydrogen (secondary N) is 2. The molecule has 6 aromatic rings. The largest absolute Gasteiger partial charge is 0.381 e. The van der Waals surface area contributed by atoms with Gasteiger partial charge in [0.2, 0.25) is 0 Å². The van der Waals surface area contributed by atoms with E-state index in [1.54, 1.807) is 35.6 Å². The SMILES string of the molecule is Cc1cnc2c(c1)N(C(=O)c1ccc(NC(=O)c3ccc(C)nc3N3CC4(CCOCC4)C3)cc1)CCc1cc(-c3nc4ccccc4[nH]3)sc1-2. The molecule has 0 radical (unpaired) electrons. The van der Waals surface area contributed by atoms with Crippen molar-refractivity contribution in [3.63, 3.8) is 0 Å². The third-order valence-electron chi connectivity index (χ3n) is 10.3. The summed E-state index contributed by atoms with van der Waals surface area (Å²) in [6.07, 6.45) is 4.62. The fourth-order valence-electron chi connectivity index (χ4n) is 7.54. The van der Waals surface area contributed by atoms with E-state index in [4.69, 9.17) is 19.7 Å². The topological polar surface area (TPSA) is 116 Å². The van der Waals surface area contributed by atoms with Gasteiger partial charge in [-0.2, -0.15) is 0 Å². The minimum atomic E-state index is -0.222. The highest BCUT2D eigenvalue weighted by Crippen LogP contribution is 2.44. The minimum absolute atomic E-state index is 0.112. The maximum atomic E-state index is 14.1. The highest BCUT2D eigenvalue weighted by Gasteiger charge is 2.45. The van der Waals surface area contributed by atoms with E-state index in [2.05, 4.69) is 21.3 Å². The van der Waals surface area contributed by atoms with Gasteiger partial charge in [-0.05, 0) is 105 Å². The molecule has 7 heterocycles. The quantitative estimate of drug-likeness (QED) is 0.193. The molecular weight excluding hydrogens is 659 g/mol. The number of carbonyl (C=O) groups is 2. The average molecular weight is 696 g/mol. The lowest BCUT2D eigenvalue weighted by molar-refractivity contribution is -0.000518. The van der Waals surface area contributed by atoms with Crippen LogP contribution in [0.5, 0.6) is 0 Å². The number of H-pyrrole nitrogens is 1. The Morgan fingerprint density at radius 3 is 2.57 bits per heavy atom. The summed E-state index contributed by atoms with van der Waals surface area (Å²) in [4.78, 5) is 51.8. The number of benzene rings is 2. The molecule has 2 aromatic carbocycles. The fourth-order valence-corrected chi connectivity index (χ4v) is 8.71. The van der Waals surface area contributed by atoms with Crippen molar-refractivity contribution in [2.75, 3.05) is 48.0 Å². The lowest BCUT2D eigenvalue weighted by atomic mass is 9.73. The van der Waals surface area contributed by atoms with Gasteiger partial charge in [0.05, 0.1) is 32.0 Å². The number of para-hydroxylation sites is 2. The first-order chi connectivity index (χ1) is 24.8. The molecule has 3 aliphatic rings. The number of rotatable bonds is 5. The molecule has 2 saturated heterocycles. The van der Waals surface area contributed by atoms with Gasteiger partial charge in [-0.25, -0.2) is 9.97 Å². The lowest BCUT2D eigenvalue weighted by Gasteiger charge is -2.53. The van der Waals surface area contributed by atoms with Crippen LogP contribution in [0.15, 0.2) is 79.0 Å². The molecule has 0 saturated carbocycles. The molecule has 11 heteroatoms. The van der Waals surface area contributed by atoms with Crippen molar-refractivity contribution in [1.29, 1.82) is 0 Å². The Morgan fingerprint density at radius 1 is 0.961 bits per heavy atom. The van der Waals surface area contributed by atoms with Crippen LogP contribution in [0.3, 0.4) is 0 Å². The number of pyridine rings is 2. The summed E-state index contributed by atoms with van der Waals surface area (Å²) in [5, 5.41) is 3.04. The molecule has 9 rings (SSSR count). The van der Waals surface area contributed by atoms with Gasteiger partial charge in [-0.15, -0.1) is 11.3 Å². The fraction of sp³-hybridized carbons (Fsp3) is 0.275. The van der Waals surface area contributed by atoms with Crippen LogP contribution in [0.1, 0.15) is 50.4 Å². The lowest BCUT2D eigenvalue weighted by Crippen LogP contribution is -2.59. The van der Waals surface area contributed by atoms with Crippen LogP contribution in [0, 0.1) is 19.3 Å². The third kappa shape index (κ3) is 5.76. The van der Waals surface area contributed by atoms with Crippen molar-refractivity contribution in [3.8, 4) is 21.3 Å². The van der Waals surface area contributed by atoms with Crippen LogP contribution in [0.2, 0.25) is 0 Å². The van der Waals surface area contributed by atoms with E-state index >= 15 is 0 Å². The molecule has 4 aromatic heterocycles. The number of imidazole rings is 1. The monoisotopic (exact) mass is 695 g/mol.